The zero-order valence-corrected chi connectivity index (χ0v) is 19.7. The molecular formula is C22H26F3N7O3. The van der Waals surface area contributed by atoms with Gasteiger partial charge in [-0.1, -0.05) is 0 Å². The molecule has 4 rings (SSSR count). The van der Waals surface area contributed by atoms with E-state index in [4.69, 9.17) is 4.74 Å². The molecule has 0 saturated carbocycles. The SMILES string of the molecule is CO[C@@H]1CN(c2cnc3[nH]c(C)cc3n2)CCC1N(C)C(=O)Nc1cc(C(F)(F)F)cn(C)c1=O. The quantitative estimate of drug-likeness (QED) is 0.579. The number of methoxy groups -OCH3 is 1. The minimum atomic E-state index is -4.66. The van der Waals surface area contributed by atoms with Crippen LogP contribution in [-0.2, 0) is 18.0 Å². The zero-order chi connectivity index (χ0) is 25.5. The number of aromatic nitrogens is 4. The van der Waals surface area contributed by atoms with Crippen LogP contribution in [-0.4, -0.2) is 69.8 Å². The first-order chi connectivity index (χ1) is 16.5. The number of carbonyl (C=O) groups excluding carboxylic acids is 1. The van der Waals surface area contributed by atoms with Crippen LogP contribution in [0.5, 0.6) is 0 Å². The van der Waals surface area contributed by atoms with Crippen molar-refractivity contribution in [2.45, 2.75) is 31.7 Å². The van der Waals surface area contributed by atoms with Crippen LogP contribution in [0.15, 0.2) is 29.3 Å². The van der Waals surface area contributed by atoms with Crippen LogP contribution in [0.2, 0.25) is 0 Å². The summed E-state index contributed by atoms with van der Waals surface area (Å²) in [6.45, 7) is 2.90. The van der Waals surface area contributed by atoms with Crippen LogP contribution in [0.4, 0.5) is 29.5 Å². The molecule has 0 bridgehead atoms. The van der Waals surface area contributed by atoms with Crippen LogP contribution in [0.25, 0.3) is 11.2 Å². The lowest BCUT2D eigenvalue weighted by atomic mass is 10.0. The number of piperidine rings is 1. The van der Waals surface area contributed by atoms with E-state index in [1.165, 1.54) is 26.1 Å². The van der Waals surface area contributed by atoms with Gasteiger partial charge in [-0.2, -0.15) is 13.2 Å². The molecule has 1 unspecified atom stereocenters. The summed E-state index contributed by atoms with van der Waals surface area (Å²) in [7, 11) is 4.25. The van der Waals surface area contributed by atoms with Gasteiger partial charge in [-0.3, -0.25) is 4.79 Å². The van der Waals surface area contributed by atoms with Gasteiger partial charge in [-0.25, -0.2) is 14.8 Å². The second kappa shape index (κ2) is 9.21. The molecule has 1 aliphatic heterocycles. The van der Waals surface area contributed by atoms with Crippen LogP contribution in [0.1, 0.15) is 17.7 Å². The summed E-state index contributed by atoms with van der Waals surface area (Å²) >= 11 is 0. The number of hydrogen-bond acceptors (Lipinski definition) is 6. The van der Waals surface area contributed by atoms with Crippen molar-refractivity contribution in [2.75, 3.05) is 37.5 Å². The lowest BCUT2D eigenvalue weighted by molar-refractivity contribution is -0.138. The molecular weight excluding hydrogens is 467 g/mol. The molecule has 0 aromatic carbocycles. The molecule has 3 aromatic rings. The van der Waals surface area contributed by atoms with E-state index in [1.807, 2.05) is 17.9 Å². The number of ether oxygens (including phenoxy) is 1. The van der Waals surface area contributed by atoms with Crippen molar-refractivity contribution >= 4 is 28.7 Å². The lowest BCUT2D eigenvalue weighted by Gasteiger charge is -2.42. The van der Waals surface area contributed by atoms with E-state index in [0.717, 1.165) is 15.8 Å². The fourth-order valence-corrected chi connectivity index (χ4v) is 4.27. The molecule has 2 amide bonds. The largest absolute Gasteiger partial charge is 0.417 e. The molecule has 1 fully saturated rings. The fraction of sp³-hybridized carbons (Fsp3) is 0.455. The molecule has 0 spiro atoms. The first-order valence-corrected chi connectivity index (χ1v) is 10.9. The number of aromatic amines is 1. The predicted molar refractivity (Wildman–Crippen MR) is 124 cm³/mol. The van der Waals surface area contributed by atoms with E-state index in [0.29, 0.717) is 43.2 Å². The molecule has 2 atom stereocenters. The molecule has 10 nitrogen and oxygen atoms in total. The molecule has 2 N–H and O–H groups in total. The number of fused-ring (bicyclic) bond motifs is 1. The maximum atomic E-state index is 13.2. The number of rotatable bonds is 4. The van der Waals surface area contributed by atoms with E-state index in [2.05, 4.69) is 20.3 Å². The van der Waals surface area contributed by atoms with Gasteiger partial charge in [0.1, 0.15) is 17.0 Å². The third-order valence-corrected chi connectivity index (χ3v) is 6.18. The number of carbonyl (C=O) groups is 1. The number of halogens is 3. The lowest BCUT2D eigenvalue weighted by Crippen LogP contribution is -2.56. The van der Waals surface area contributed by atoms with Crippen molar-refractivity contribution in [1.29, 1.82) is 0 Å². The summed E-state index contributed by atoms with van der Waals surface area (Å²) in [6, 6.07) is 1.47. The normalized spacial score (nSPS) is 18.7. The Morgan fingerprint density at radius 2 is 2.09 bits per heavy atom. The highest BCUT2D eigenvalue weighted by Crippen LogP contribution is 2.30. The third-order valence-electron chi connectivity index (χ3n) is 6.18. The number of hydrogen-bond donors (Lipinski definition) is 2. The first kappa shape index (κ1) is 24.5. The highest BCUT2D eigenvalue weighted by Gasteiger charge is 2.36. The van der Waals surface area contributed by atoms with Gasteiger partial charge in [-0.15, -0.1) is 0 Å². The third kappa shape index (κ3) is 4.94. The van der Waals surface area contributed by atoms with Crippen molar-refractivity contribution in [3.63, 3.8) is 0 Å². The van der Waals surface area contributed by atoms with Gasteiger partial charge in [0.25, 0.3) is 5.56 Å². The number of nitrogens with zero attached hydrogens (tertiary/aromatic N) is 5. The minimum Gasteiger partial charge on any atom is -0.377 e. The van der Waals surface area contributed by atoms with Crippen LogP contribution in [0.3, 0.4) is 0 Å². The molecule has 0 radical (unpaired) electrons. The summed E-state index contributed by atoms with van der Waals surface area (Å²) < 4.78 is 45.9. The van der Waals surface area contributed by atoms with Gasteiger partial charge in [0, 0.05) is 46.2 Å². The van der Waals surface area contributed by atoms with E-state index in [1.54, 1.807) is 6.20 Å². The Kier molecular flexibility index (Phi) is 6.45. The van der Waals surface area contributed by atoms with E-state index in [9.17, 15) is 22.8 Å². The molecule has 4 heterocycles. The maximum Gasteiger partial charge on any atom is 0.417 e. The number of H-pyrrole nitrogens is 1. The van der Waals surface area contributed by atoms with Gasteiger partial charge in [0.2, 0.25) is 0 Å². The van der Waals surface area contributed by atoms with Crippen LogP contribution >= 0.6 is 0 Å². The number of amides is 2. The summed E-state index contributed by atoms with van der Waals surface area (Å²) in [6.07, 6.45) is -2.20. The van der Waals surface area contributed by atoms with Gasteiger partial charge < -0.3 is 29.4 Å². The van der Waals surface area contributed by atoms with Gasteiger partial charge >= 0.3 is 12.2 Å². The number of anilines is 2. The van der Waals surface area contributed by atoms with Gasteiger partial charge in [-0.05, 0) is 25.5 Å². The molecule has 1 aliphatic rings. The number of likely N-dealkylation sites (N-methyl/N-ethyl adjacent to an activating group) is 1. The maximum absolute atomic E-state index is 13.2. The van der Waals surface area contributed by atoms with Crippen molar-refractivity contribution in [3.8, 4) is 0 Å². The smallest absolute Gasteiger partial charge is 0.377 e. The Morgan fingerprint density at radius 3 is 2.77 bits per heavy atom. The average molecular weight is 493 g/mol. The van der Waals surface area contributed by atoms with Crippen molar-refractivity contribution < 1.29 is 22.7 Å². The molecule has 0 aliphatic carbocycles. The van der Waals surface area contributed by atoms with Crippen molar-refractivity contribution in [3.05, 3.63) is 46.1 Å². The van der Waals surface area contributed by atoms with E-state index in [-0.39, 0.29) is 6.04 Å². The molecule has 188 valence electrons. The number of alkyl halides is 3. The van der Waals surface area contributed by atoms with Crippen molar-refractivity contribution in [1.82, 2.24) is 24.4 Å². The van der Waals surface area contributed by atoms with Gasteiger partial charge in [0.15, 0.2) is 5.65 Å². The Labute approximate surface area is 198 Å². The zero-order valence-electron chi connectivity index (χ0n) is 19.7. The number of pyridine rings is 1. The topological polar surface area (TPSA) is 108 Å². The van der Waals surface area contributed by atoms with Crippen LogP contribution < -0.4 is 15.8 Å². The summed E-state index contributed by atoms with van der Waals surface area (Å²) in [4.78, 5) is 40.8. The Hall–Kier alpha value is -3.61. The number of urea groups is 1. The number of aryl methyl sites for hydroxylation is 2. The summed E-state index contributed by atoms with van der Waals surface area (Å²) in [5.74, 6) is 0.677. The summed E-state index contributed by atoms with van der Waals surface area (Å²) in [5, 5.41) is 2.33. The molecule has 1 saturated heterocycles. The Balaban J connectivity index is 1.49. The highest BCUT2D eigenvalue weighted by molar-refractivity contribution is 5.89. The second-order valence-electron chi connectivity index (χ2n) is 8.59. The van der Waals surface area contributed by atoms with Crippen molar-refractivity contribution in [2.24, 2.45) is 7.05 Å². The van der Waals surface area contributed by atoms with Crippen LogP contribution in [0, 0.1) is 6.92 Å². The molecule has 13 heteroatoms. The standard InChI is InChI=1S/C22H26F3N7O3/c1-12-7-14-19(27-12)26-9-18(28-14)32-6-5-16(17(11-32)35-4)31(3)21(34)29-15-8-13(22(23,24)25)10-30(2)20(15)33/h7-10,16-17H,5-6,11H2,1-4H3,(H,26,27)(H,29,34)/t16?,17-/m1/s1. The van der Waals surface area contributed by atoms with E-state index < -0.39 is 35.1 Å². The Bertz CT molecular complexity index is 1300. The minimum absolute atomic E-state index is 0.378. The van der Waals surface area contributed by atoms with E-state index >= 15 is 0 Å². The highest BCUT2D eigenvalue weighted by atomic mass is 19.4. The average Bonchev–Trinajstić information content (AvgIpc) is 3.19. The Morgan fingerprint density at radius 1 is 1.34 bits per heavy atom. The molecule has 35 heavy (non-hydrogen) atoms. The monoisotopic (exact) mass is 493 g/mol. The van der Waals surface area contributed by atoms with Gasteiger partial charge in [0.05, 0.1) is 23.9 Å². The first-order valence-electron chi connectivity index (χ1n) is 10.9. The fourth-order valence-electron chi connectivity index (χ4n) is 4.27. The second-order valence-corrected chi connectivity index (χ2v) is 8.59. The summed E-state index contributed by atoms with van der Waals surface area (Å²) in [5.41, 5.74) is 0.171. The molecule has 3 aromatic heterocycles. The predicted octanol–water partition coefficient (Wildman–Crippen LogP) is 2.74. The number of nitrogens with one attached hydrogen (secondary N) is 2.